The van der Waals surface area contributed by atoms with Gasteiger partial charge in [0.05, 0.1) is 0 Å². The van der Waals surface area contributed by atoms with E-state index in [0.717, 1.165) is 103 Å². The van der Waals surface area contributed by atoms with E-state index in [0.29, 0.717) is 19.3 Å². The summed E-state index contributed by atoms with van der Waals surface area (Å²) in [5.74, 6) is -1.04. The molecule has 0 fully saturated rings. The smallest absolute Gasteiger partial charge is 0.306 e. The number of hydrogen-bond donors (Lipinski definition) is 0. The van der Waals surface area contributed by atoms with Gasteiger partial charge in [0.15, 0.2) is 6.10 Å². The number of carbonyl (C=O) groups excluding carboxylic acids is 3. The van der Waals surface area contributed by atoms with E-state index in [1.54, 1.807) is 0 Å². The number of hydrogen-bond acceptors (Lipinski definition) is 6. The summed E-state index contributed by atoms with van der Waals surface area (Å²) < 4.78 is 16.6. The van der Waals surface area contributed by atoms with Crippen molar-refractivity contribution in [3.05, 3.63) is 158 Å². The van der Waals surface area contributed by atoms with E-state index < -0.39 is 6.10 Å². The van der Waals surface area contributed by atoms with Gasteiger partial charge < -0.3 is 14.2 Å². The largest absolute Gasteiger partial charge is 0.462 e. The van der Waals surface area contributed by atoms with E-state index in [2.05, 4.69) is 69.4 Å². The molecule has 0 heterocycles. The van der Waals surface area contributed by atoms with Crippen LogP contribution >= 0.6 is 0 Å². The fraction of sp³-hybridized carbons (Fsp3) is 0.482. The van der Waals surface area contributed by atoms with Gasteiger partial charge in [-0.3, -0.25) is 14.4 Å². The zero-order valence-corrected chi connectivity index (χ0v) is 38.8. The SMILES string of the molecule is CC\C=C/C=C\C=C/C=C\C=C\C=C/C=C\CCCCCC(=O)OCC(COC(=O)CCCCCCC/C=C\C/C=C\CC)OC(=O)CCCCC\C=C/C=C\C=C/C=C\CC. The van der Waals surface area contributed by atoms with Gasteiger partial charge >= 0.3 is 17.9 Å². The Kier molecular flexibility index (Phi) is 44.8. The topological polar surface area (TPSA) is 78.9 Å². The van der Waals surface area contributed by atoms with Gasteiger partial charge in [0.1, 0.15) is 13.2 Å². The van der Waals surface area contributed by atoms with Gasteiger partial charge in [0, 0.05) is 19.3 Å². The molecule has 0 bridgehead atoms. The third kappa shape index (κ3) is 46.1. The van der Waals surface area contributed by atoms with Gasteiger partial charge in [-0.25, -0.2) is 0 Å². The minimum atomic E-state index is -0.830. The van der Waals surface area contributed by atoms with Crippen molar-refractivity contribution in [2.75, 3.05) is 13.2 Å². The molecule has 0 amide bonds. The van der Waals surface area contributed by atoms with Crippen LogP contribution in [0.2, 0.25) is 0 Å². The molecule has 0 aromatic heterocycles. The average Bonchev–Trinajstić information content (AvgIpc) is 3.27. The normalized spacial score (nSPS) is 13.5. The van der Waals surface area contributed by atoms with Crippen molar-refractivity contribution in [1.82, 2.24) is 0 Å². The lowest BCUT2D eigenvalue weighted by atomic mass is 10.1. The summed E-state index contributed by atoms with van der Waals surface area (Å²) in [4.78, 5) is 37.8. The number of esters is 3. The quantitative estimate of drug-likeness (QED) is 0.0202. The first-order valence-corrected chi connectivity index (χ1v) is 23.6. The highest BCUT2D eigenvalue weighted by Gasteiger charge is 2.19. The monoisotopic (exact) mass is 851 g/mol. The summed E-state index contributed by atoms with van der Waals surface area (Å²) in [5.41, 5.74) is 0. The molecule has 0 aliphatic carbocycles. The third-order valence-electron chi connectivity index (χ3n) is 9.05. The molecule has 62 heavy (non-hydrogen) atoms. The Labute approximate surface area is 378 Å². The molecule has 0 rings (SSSR count). The first kappa shape index (κ1) is 57.0. The van der Waals surface area contributed by atoms with Crippen molar-refractivity contribution in [3.63, 3.8) is 0 Å². The molecule has 1 atom stereocenters. The maximum absolute atomic E-state index is 12.7. The van der Waals surface area contributed by atoms with Crippen LogP contribution in [-0.2, 0) is 28.6 Å². The van der Waals surface area contributed by atoms with E-state index in [-0.39, 0.29) is 44.0 Å². The molecule has 0 aliphatic heterocycles. The fourth-order valence-electron chi connectivity index (χ4n) is 5.59. The fourth-order valence-corrected chi connectivity index (χ4v) is 5.59. The Morgan fingerprint density at radius 3 is 1.10 bits per heavy atom. The van der Waals surface area contributed by atoms with Gasteiger partial charge in [-0.1, -0.05) is 211 Å². The van der Waals surface area contributed by atoms with E-state index in [1.807, 2.05) is 109 Å². The second-order valence-corrected chi connectivity index (χ2v) is 14.8. The minimum absolute atomic E-state index is 0.125. The zero-order valence-electron chi connectivity index (χ0n) is 38.8. The maximum atomic E-state index is 12.7. The summed E-state index contributed by atoms with van der Waals surface area (Å²) in [7, 11) is 0. The van der Waals surface area contributed by atoms with Crippen LogP contribution in [0.25, 0.3) is 0 Å². The Morgan fingerprint density at radius 2 is 0.661 bits per heavy atom. The third-order valence-corrected chi connectivity index (χ3v) is 9.05. The zero-order chi connectivity index (χ0) is 45.1. The van der Waals surface area contributed by atoms with E-state index >= 15 is 0 Å². The molecule has 0 aliphatic rings. The van der Waals surface area contributed by atoms with Crippen LogP contribution in [0, 0.1) is 0 Å². The molecule has 0 spiro atoms. The molecule has 0 aromatic rings. The molecule has 6 heteroatoms. The molecular weight excluding hydrogens is 769 g/mol. The predicted molar refractivity (Wildman–Crippen MR) is 265 cm³/mol. The Balaban J connectivity index is 4.60. The average molecular weight is 851 g/mol. The highest BCUT2D eigenvalue weighted by molar-refractivity contribution is 5.71. The second-order valence-electron chi connectivity index (χ2n) is 14.8. The van der Waals surface area contributed by atoms with Crippen molar-refractivity contribution < 1.29 is 28.6 Å². The van der Waals surface area contributed by atoms with Crippen molar-refractivity contribution in [2.45, 2.75) is 162 Å². The number of carbonyl (C=O) groups is 3. The molecule has 342 valence electrons. The second kappa shape index (κ2) is 48.7. The van der Waals surface area contributed by atoms with Crippen molar-refractivity contribution in [1.29, 1.82) is 0 Å². The standard InChI is InChI=1S/C56H82O6/c1-4-7-10-13-16-19-22-25-26-27-28-29-30-32-34-37-40-43-46-49-55(58)61-52-53(51-60-54(57)48-45-42-39-36-33-24-21-18-15-12-9-6-3)62-56(59)50-47-44-41-38-35-31-23-20-17-14-11-8-5-2/h7-14,16-23,25-32,34-35,53H,4-6,15,24,33,36-52H2,1-3H3/b10-7-,11-8-,12-9-,16-13-,17-14-,21-18-,22-19-,23-20-,26-25-,28-27+,30-29-,34-32-,35-31-. The van der Waals surface area contributed by atoms with E-state index in [4.69, 9.17) is 14.2 Å². The summed E-state index contributed by atoms with van der Waals surface area (Å²) in [5, 5.41) is 0. The minimum Gasteiger partial charge on any atom is -0.462 e. The molecule has 0 saturated heterocycles. The molecule has 0 N–H and O–H groups in total. The lowest BCUT2D eigenvalue weighted by Crippen LogP contribution is -2.30. The van der Waals surface area contributed by atoms with Crippen molar-refractivity contribution in [2.24, 2.45) is 0 Å². The molecule has 0 aromatic carbocycles. The van der Waals surface area contributed by atoms with Crippen molar-refractivity contribution >= 4 is 17.9 Å². The van der Waals surface area contributed by atoms with Gasteiger partial charge in [0.25, 0.3) is 0 Å². The summed E-state index contributed by atoms with van der Waals surface area (Å²) in [6, 6.07) is 0. The van der Waals surface area contributed by atoms with E-state index in [9.17, 15) is 14.4 Å². The van der Waals surface area contributed by atoms with Gasteiger partial charge in [0.2, 0.25) is 0 Å². The summed E-state index contributed by atoms with van der Waals surface area (Å²) >= 11 is 0. The Morgan fingerprint density at radius 1 is 0.339 bits per heavy atom. The molecular formula is C56H82O6. The van der Waals surface area contributed by atoms with Gasteiger partial charge in [-0.05, 0) is 83.5 Å². The van der Waals surface area contributed by atoms with Crippen LogP contribution in [0.4, 0.5) is 0 Å². The van der Waals surface area contributed by atoms with Crippen LogP contribution in [0.5, 0.6) is 0 Å². The number of ether oxygens (including phenoxy) is 3. The molecule has 0 radical (unpaired) electrons. The number of unbranched alkanes of at least 4 members (excludes halogenated alkanes) is 11. The predicted octanol–water partition coefficient (Wildman–Crippen LogP) is 15.5. The van der Waals surface area contributed by atoms with E-state index in [1.165, 1.54) is 0 Å². The van der Waals surface area contributed by atoms with Crippen LogP contribution in [0.1, 0.15) is 156 Å². The van der Waals surface area contributed by atoms with Crippen LogP contribution in [0.15, 0.2) is 158 Å². The first-order chi connectivity index (χ1) is 30.5. The highest BCUT2D eigenvalue weighted by atomic mass is 16.6. The van der Waals surface area contributed by atoms with Crippen LogP contribution in [-0.4, -0.2) is 37.2 Å². The van der Waals surface area contributed by atoms with Crippen molar-refractivity contribution in [3.8, 4) is 0 Å². The van der Waals surface area contributed by atoms with Crippen LogP contribution < -0.4 is 0 Å². The maximum Gasteiger partial charge on any atom is 0.306 e. The first-order valence-electron chi connectivity index (χ1n) is 23.6. The lowest BCUT2D eigenvalue weighted by Gasteiger charge is -2.18. The lowest BCUT2D eigenvalue weighted by molar-refractivity contribution is -0.167. The molecule has 6 nitrogen and oxygen atoms in total. The molecule has 0 saturated carbocycles. The van der Waals surface area contributed by atoms with Gasteiger partial charge in [-0.15, -0.1) is 0 Å². The number of allylic oxidation sites excluding steroid dienone is 26. The van der Waals surface area contributed by atoms with Gasteiger partial charge in [-0.2, -0.15) is 0 Å². The summed E-state index contributed by atoms with van der Waals surface area (Å²) in [6.07, 6.45) is 70.8. The Hall–Kier alpha value is -4.97. The van der Waals surface area contributed by atoms with Crippen LogP contribution in [0.3, 0.4) is 0 Å². The summed E-state index contributed by atoms with van der Waals surface area (Å²) in [6.45, 7) is 6.11. The Bertz CT molecular complexity index is 1490. The number of rotatable bonds is 39. The highest BCUT2D eigenvalue weighted by Crippen LogP contribution is 2.11. The molecule has 1 unspecified atom stereocenters.